The van der Waals surface area contributed by atoms with E-state index in [4.69, 9.17) is 0 Å². The van der Waals surface area contributed by atoms with Gasteiger partial charge in [0.05, 0.1) is 29.0 Å². The van der Waals surface area contributed by atoms with Crippen molar-refractivity contribution >= 4 is 32.7 Å². The fourth-order valence-electron chi connectivity index (χ4n) is 3.45. The van der Waals surface area contributed by atoms with Crippen molar-refractivity contribution in [1.82, 2.24) is 19.9 Å². The van der Waals surface area contributed by atoms with E-state index in [2.05, 4.69) is 30.9 Å². The average molecular weight is 461 g/mol. The maximum Gasteiger partial charge on any atom is 0.255 e. The van der Waals surface area contributed by atoms with Gasteiger partial charge in [0.25, 0.3) is 5.91 Å². The van der Waals surface area contributed by atoms with Crippen LogP contribution in [0, 0.1) is 13.8 Å². The smallest absolute Gasteiger partial charge is 0.255 e. The van der Waals surface area contributed by atoms with Crippen molar-refractivity contribution in [2.75, 3.05) is 7.05 Å². The number of hydrogen-bond donors (Lipinski definition) is 0. The van der Waals surface area contributed by atoms with Gasteiger partial charge in [0.15, 0.2) is 0 Å². The van der Waals surface area contributed by atoms with Crippen LogP contribution in [0.5, 0.6) is 0 Å². The van der Waals surface area contributed by atoms with Crippen LogP contribution in [0.25, 0.3) is 22.2 Å². The zero-order valence-corrected chi connectivity index (χ0v) is 18.6. The highest BCUT2D eigenvalue weighted by Crippen LogP contribution is 2.23. The fraction of sp³-hybridized carbons (Fsp3) is 0.167. The van der Waals surface area contributed by atoms with E-state index in [1.165, 1.54) is 0 Å². The Bertz CT molecular complexity index is 1260. The molecule has 4 aromatic rings. The fourth-order valence-corrected chi connectivity index (χ4v) is 3.85. The number of nitrogens with zero attached hydrogens (tertiary/aromatic N) is 4. The number of hydrogen-bond acceptors (Lipinski definition) is 4. The summed E-state index contributed by atoms with van der Waals surface area (Å²) in [5.41, 5.74) is 4.90. The summed E-state index contributed by atoms with van der Waals surface area (Å²) in [6.07, 6.45) is 0. The molecule has 0 aliphatic carbocycles. The molecule has 0 aliphatic rings. The van der Waals surface area contributed by atoms with Crippen molar-refractivity contribution in [3.8, 4) is 11.3 Å². The van der Waals surface area contributed by atoms with E-state index >= 15 is 0 Å². The molecule has 0 spiro atoms. The van der Waals surface area contributed by atoms with Gasteiger partial charge >= 0.3 is 0 Å². The maximum atomic E-state index is 13.0. The molecule has 2 aromatic heterocycles. The molecule has 0 fully saturated rings. The second-order valence-corrected chi connectivity index (χ2v) is 8.16. The van der Waals surface area contributed by atoms with Crippen LogP contribution in [0.1, 0.15) is 27.6 Å². The highest BCUT2D eigenvalue weighted by molar-refractivity contribution is 9.10. The number of pyridine rings is 1. The molecule has 0 saturated heterocycles. The summed E-state index contributed by atoms with van der Waals surface area (Å²) in [5.74, 6) is 0.522. The number of fused-ring (bicyclic) bond motifs is 1. The molecule has 0 N–H and O–H groups in total. The summed E-state index contributed by atoms with van der Waals surface area (Å²) >= 11 is 3.49. The summed E-state index contributed by atoms with van der Waals surface area (Å²) < 4.78 is 0.991. The summed E-state index contributed by atoms with van der Waals surface area (Å²) in [6, 6.07) is 19.6. The highest BCUT2D eigenvalue weighted by Gasteiger charge is 2.17. The number of amides is 1. The standard InChI is InChI=1S/C24H21BrN4O/c1-15-19-9-4-5-10-22(19)28-23(27-15)14-29(3)24(30)20-11-12-21(26-16(20)2)17-7-6-8-18(25)13-17/h4-13H,14H2,1-3H3. The molecule has 0 bridgehead atoms. The third-order valence-electron chi connectivity index (χ3n) is 5.00. The molecule has 5 nitrogen and oxygen atoms in total. The zero-order valence-electron chi connectivity index (χ0n) is 17.1. The molecule has 30 heavy (non-hydrogen) atoms. The number of aryl methyl sites for hydroxylation is 2. The first-order chi connectivity index (χ1) is 14.4. The van der Waals surface area contributed by atoms with E-state index in [1.54, 1.807) is 11.9 Å². The highest BCUT2D eigenvalue weighted by atomic mass is 79.9. The Hall–Kier alpha value is -3.12. The molecule has 0 atom stereocenters. The molecule has 2 aromatic carbocycles. The minimum Gasteiger partial charge on any atom is -0.334 e. The number of carbonyl (C=O) groups excluding carboxylic acids is 1. The number of benzene rings is 2. The van der Waals surface area contributed by atoms with Crippen LogP contribution in [0.15, 0.2) is 65.1 Å². The molecule has 0 aliphatic heterocycles. The van der Waals surface area contributed by atoms with Crippen LogP contribution < -0.4 is 0 Å². The lowest BCUT2D eigenvalue weighted by atomic mass is 10.1. The lowest BCUT2D eigenvalue weighted by molar-refractivity contribution is 0.0780. The molecular formula is C24H21BrN4O. The molecule has 0 radical (unpaired) electrons. The number of halogens is 1. The third-order valence-corrected chi connectivity index (χ3v) is 5.50. The summed E-state index contributed by atoms with van der Waals surface area (Å²) in [6.45, 7) is 4.15. The first-order valence-corrected chi connectivity index (χ1v) is 10.4. The number of carbonyl (C=O) groups is 1. The summed E-state index contributed by atoms with van der Waals surface area (Å²) in [7, 11) is 1.76. The Balaban J connectivity index is 1.57. The van der Waals surface area contributed by atoms with Crippen molar-refractivity contribution < 1.29 is 4.79 Å². The van der Waals surface area contributed by atoms with Gasteiger partial charge < -0.3 is 4.90 Å². The van der Waals surface area contributed by atoms with Gasteiger partial charge in [0.1, 0.15) is 5.82 Å². The van der Waals surface area contributed by atoms with Gasteiger partial charge in [0.2, 0.25) is 0 Å². The van der Waals surface area contributed by atoms with Crippen molar-refractivity contribution in [3.05, 3.63) is 87.9 Å². The van der Waals surface area contributed by atoms with E-state index in [0.29, 0.717) is 23.6 Å². The molecule has 150 valence electrons. The van der Waals surface area contributed by atoms with Crippen molar-refractivity contribution in [3.63, 3.8) is 0 Å². The SMILES string of the molecule is Cc1nc(-c2cccc(Br)c2)ccc1C(=O)N(C)Cc1nc(C)c2ccccc2n1. The van der Waals surface area contributed by atoms with Gasteiger partial charge in [-0.3, -0.25) is 9.78 Å². The average Bonchev–Trinajstić information content (AvgIpc) is 2.73. The van der Waals surface area contributed by atoms with E-state index in [1.807, 2.05) is 74.5 Å². The van der Waals surface area contributed by atoms with Gasteiger partial charge in [-0.1, -0.05) is 46.3 Å². The number of rotatable bonds is 4. The minimum absolute atomic E-state index is 0.102. The largest absolute Gasteiger partial charge is 0.334 e. The lowest BCUT2D eigenvalue weighted by Crippen LogP contribution is -2.28. The Morgan fingerprint density at radius 1 is 0.933 bits per heavy atom. The van der Waals surface area contributed by atoms with Crippen LogP contribution >= 0.6 is 15.9 Å². The predicted octanol–water partition coefficient (Wildman–Crippen LogP) is 5.34. The van der Waals surface area contributed by atoms with Crippen molar-refractivity contribution in [2.45, 2.75) is 20.4 Å². The lowest BCUT2D eigenvalue weighted by Gasteiger charge is -2.18. The van der Waals surface area contributed by atoms with Crippen molar-refractivity contribution in [2.24, 2.45) is 0 Å². The van der Waals surface area contributed by atoms with Crippen LogP contribution in [-0.2, 0) is 6.54 Å². The summed E-state index contributed by atoms with van der Waals surface area (Å²) in [5, 5.41) is 1.03. The van der Waals surface area contributed by atoms with E-state index in [-0.39, 0.29) is 5.91 Å². The van der Waals surface area contributed by atoms with Crippen LogP contribution in [-0.4, -0.2) is 32.8 Å². The molecule has 4 rings (SSSR count). The summed E-state index contributed by atoms with van der Waals surface area (Å²) in [4.78, 5) is 28.5. The normalized spacial score (nSPS) is 10.9. The van der Waals surface area contributed by atoms with Gasteiger partial charge in [-0.2, -0.15) is 0 Å². The van der Waals surface area contributed by atoms with E-state index in [9.17, 15) is 4.79 Å². The van der Waals surface area contributed by atoms with Gasteiger partial charge in [-0.25, -0.2) is 9.97 Å². The van der Waals surface area contributed by atoms with E-state index < -0.39 is 0 Å². The Labute approximate surface area is 183 Å². The van der Waals surface area contributed by atoms with Crippen LogP contribution in [0.2, 0.25) is 0 Å². The zero-order chi connectivity index (χ0) is 21.3. The van der Waals surface area contributed by atoms with Crippen LogP contribution in [0.4, 0.5) is 0 Å². The third kappa shape index (κ3) is 4.09. The van der Waals surface area contributed by atoms with Gasteiger partial charge in [-0.05, 0) is 44.2 Å². The predicted molar refractivity (Wildman–Crippen MR) is 122 cm³/mol. The Morgan fingerprint density at radius 2 is 1.73 bits per heavy atom. The molecule has 0 unspecified atom stereocenters. The quantitative estimate of drug-likeness (QED) is 0.412. The molecular weight excluding hydrogens is 440 g/mol. The van der Waals surface area contributed by atoms with Crippen LogP contribution in [0.3, 0.4) is 0 Å². The Kier molecular flexibility index (Phi) is 5.59. The molecule has 2 heterocycles. The second kappa shape index (κ2) is 8.32. The second-order valence-electron chi connectivity index (χ2n) is 7.24. The van der Waals surface area contributed by atoms with Gasteiger partial charge in [0, 0.05) is 28.2 Å². The molecule has 0 saturated carbocycles. The molecule has 6 heteroatoms. The molecule has 1 amide bonds. The van der Waals surface area contributed by atoms with Gasteiger partial charge in [-0.15, -0.1) is 0 Å². The Morgan fingerprint density at radius 3 is 2.50 bits per heavy atom. The maximum absolute atomic E-state index is 13.0. The monoisotopic (exact) mass is 460 g/mol. The first-order valence-electron chi connectivity index (χ1n) is 9.63. The number of para-hydroxylation sites is 1. The van der Waals surface area contributed by atoms with Crippen molar-refractivity contribution in [1.29, 1.82) is 0 Å². The van der Waals surface area contributed by atoms with E-state index in [0.717, 1.165) is 32.3 Å². The topological polar surface area (TPSA) is 59.0 Å². The number of aromatic nitrogens is 3. The minimum atomic E-state index is -0.102. The first kappa shape index (κ1) is 20.2.